The van der Waals surface area contributed by atoms with Crippen molar-refractivity contribution >= 4 is 40.1 Å². The third-order valence-corrected chi connectivity index (χ3v) is 5.90. The number of para-hydroxylation sites is 1. The molecule has 0 unspecified atom stereocenters. The van der Waals surface area contributed by atoms with E-state index in [9.17, 15) is 9.59 Å². The Balaban J connectivity index is 1.49. The minimum Gasteiger partial charge on any atom is -0.492 e. The molecule has 0 saturated carbocycles. The van der Waals surface area contributed by atoms with E-state index in [4.69, 9.17) is 17.0 Å². The predicted molar refractivity (Wildman–Crippen MR) is 105 cm³/mol. The van der Waals surface area contributed by atoms with Gasteiger partial charge < -0.3 is 10.1 Å². The number of nitrogens with zero attached hydrogens (tertiary/aromatic N) is 1. The number of benzene rings is 1. The van der Waals surface area contributed by atoms with Crippen molar-refractivity contribution in [3.05, 3.63) is 65.1 Å². The Morgan fingerprint density at radius 2 is 1.92 bits per heavy atom. The zero-order chi connectivity index (χ0) is 18.1. The van der Waals surface area contributed by atoms with Crippen LogP contribution in [0.15, 0.2) is 65.1 Å². The van der Waals surface area contributed by atoms with Crippen molar-refractivity contribution in [2.24, 2.45) is 5.92 Å². The molecule has 0 radical (unpaired) electrons. The highest BCUT2D eigenvalue weighted by Crippen LogP contribution is 2.39. The van der Waals surface area contributed by atoms with Gasteiger partial charge in [0.2, 0.25) is 5.91 Å². The summed E-state index contributed by atoms with van der Waals surface area (Å²) in [5, 5.41) is 2.91. The number of hydrogen-bond donors (Lipinski definition) is 1. The van der Waals surface area contributed by atoms with Gasteiger partial charge in [0.05, 0.1) is 17.5 Å². The molecule has 2 aliphatic heterocycles. The second-order valence-electron chi connectivity index (χ2n) is 6.02. The van der Waals surface area contributed by atoms with Gasteiger partial charge in [-0.05, 0) is 12.1 Å². The number of rotatable bonds is 4. The Bertz CT molecular complexity index is 861. The van der Waals surface area contributed by atoms with Gasteiger partial charge in [0, 0.05) is 11.5 Å². The third kappa shape index (κ3) is 3.08. The average molecular weight is 384 g/mol. The summed E-state index contributed by atoms with van der Waals surface area (Å²) in [6.45, 7) is 0.682. The molecule has 0 spiro atoms. The Kier molecular flexibility index (Phi) is 4.65. The number of hydrogen-bond acceptors (Lipinski definition) is 5. The Hall–Kier alpha value is -2.38. The number of carbonyl (C=O) groups excluding carboxylic acids is 2. The van der Waals surface area contributed by atoms with Crippen LogP contribution in [-0.2, 0) is 9.59 Å². The minimum atomic E-state index is -0.217. The van der Waals surface area contributed by atoms with Crippen molar-refractivity contribution in [1.82, 2.24) is 10.2 Å². The number of thioether (sulfide) groups is 1. The third-order valence-electron chi connectivity index (χ3n) is 4.43. The Morgan fingerprint density at radius 1 is 1.15 bits per heavy atom. The molecular weight excluding hydrogens is 368 g/mol. The van der Waals surface area contributed by atoms with Crippen LogP contribution >= 0.6 is 24.0 Å². The van der Waals surface area contributed by atoms with Gasteiger partial charge in [0.25, 0.3) is 5.91 Å². The second-order valence-corrected chi connectivity index (χ2v) is 7.67. The summed E-state index contributed by atoms with van der Waals surface area (Å²) in [4.78, 5) is 27.2. The highest BCUT2D eigenvalue weighted by atomic mass is 32.2. The summed E-state index contributed by atoms with van der Waals surface area (Å²) in [5.41, 5.74) is 0.513. The molecule has 1 aliphatic carbocycles. The van der Waals surface area contributed by atoms with Crippen LogP contribution in [0.4, 0.5) is 0 Å². The first-order chi connectivity index (χ1) is 12.6. The number of carbonyl (C=O) groups is 2. The molecule has 132 valence electrons. The van der Waals surface area contributed by atoms with E-state index < -0.39 is 0 Å². The number of allylic oxidation sites excluding steroid dienone is 2. The summed E-state index contributed by atoms with van der Waals surface area (Å²) in [6.07, 6.45) is 7.68. The monoisotopic (exact) mass is 384 g/mol. The van der Waals surface area contributed by atoms with Gasteiger partial charge >= 0.3 is 0 Å². The predicted octanol–water partition coefficient (Wildman–Crippen LogP) is 2.42. The van der Waals surface area contributed by atoms with Crippen molar-refractivity contribution in [2.75, 3.05) is 13.2 Å². The summed E-state index contributed by atoms with van der Waals surface area (Å²) >= 11 is 6.56. The molecular formula is C19H16N2O3S2. The zero-order valence-electron chi connectivity index (χ0n) is 13.8. The van der Waals surface area contributed by atoms with E-state index in [-0.39, 0.29) is 23.8 Å². The van der Waals surface area contributed by atoms with Crippen LogP contribution in [0.2, 0.25) is 0 Å². The maximum atomic E-state index is 12.8. The van der Waals surface area contributed by atoms with Crippen LogP contribution < -0.4 is 10.1 Å². The van der Waals surface area contributed by atoms with Crippen molar-refractivity contribution in [2.45, 2.75) is 6.04 Å². The van der Waals surface area contributed by atoms with Crippen molar-refractivity contribution in [1.29, 1.82) is 0 Å². The molecule has 1 aromatic carbocycles. The fraction of sp³-hybridized carbons (Fsp3) is 0.211. The molecule has 1 N–H and O–H groups in total. The quantitative estimate of drug-likeness (QED) is 0.638. The summed E-state index contributed by atoms with van der Waals surface area (Å²) in [6, 6.07) is 9.32. The van der Waals surface area contributed by atoms with Crippen LogP contribution in [-0.4, -0.2) is 40.2 Å². The van der Waals surface area contributed by atoms with Crippen LogP contribution in [0.3, 0.4) is 0 Å². The Labute approximate surface area is 160 Å². The summed E-state index contributed by atoms with van der Waals surface area (Å²) < 4.78 is 6.11. The molecule has 2 amide bonds. The lowest BCUT2D eigenvalue weighted by Crippen LogP contribution is -2.32. The SMILES string of the molecule is O=C1N[C@@H]2C=CC=C[C@H]2/C1=C1/SC(=S)N(CCOc2ccccc2)C1=O. The van der Waals surface area contributed by atoms with Crippen molar-refractivity contribution in [3.8, 4) is 5.75 Å². The van der Waals surface area contributed by atoms with Gasteiger partial charge in [-0.25, -0.2) is 0 Å². The van der Waals surface area contributed by atoms with Gasteiger partial charge in [-0.1, -0.05) is 66.5 Å². The standard InChI is InChI=1S/C19H16N2O3S2/c22-17-15(13-8-4-5-9-14(13)20-17)16-18(23)21(19(25)26-16)10-11-24-12-6-2-1-3-7-12/h1-9,13-14H,10-11H2,(H,20,22)/b16-15-/t13-,14-/m1/s1. The number of fused-ring (bicyclic) bond motifs is 1. The van der Waals surface area contributed by atoms with Gasteiger partial charge in [-0.2, -0.15) is 0 Å². The van der Waals surface area contributed by atoms with Gasteiger partial charge in [-0.15, -0.1) is 0 Å². The molecule has 1 aromatic rings. The van der Waals surface area contributed by atoms with Crippen LogP contribution in [0.25, 0.3) is 0 Å². The molecule has 2 saturated heterocycles. The second kappa shape index (κ2) is 7.09. The fourth-order valence-electron chi connectivity index (χ4n) is 3.18. The Morgan fingerprint density at radius 3 is 2.73 bits per heavy atom. The van der Waals surface area contributed by atoms with E-state index in [0.717, 1.165) is 5.75 Å². The van der Waals surface area contributed by atoms with E-state index in [0.29, 0.717) is 28.0 Å². The molecule has 2 fully saturated rings. The number of thiocarbonyl (C=S) groups is 1. The molecule has 2 heterocycles. The van der Waals surface area contributed by atoms with Crippen LogP contribution in [0.5, 0.6) is 5.75 Å². The normalized spacial score (nSPS) is 27.1. The van der Waals surface area contributed by atoms with Crippen molar-refractivity contribution in [3.63, 3.8) is 0 Å². The lowest BCUT2D eigenvalue weighted by molar-refractivity contribution is -0.123. The maximum Gasteiger partial charge on any atom is 0.266 e. The average Bonchev–Trinajstić information content (AvgIpc) is 3.12. The lowest BCUT2D eigenvalue weighted by Gasteiger charge is -2.16. The van der Waals surface area contributed by atoms with Crippen molar-refractivity contribution < 1.29 is 14.3 Å². The number of amides is 2. The van der Waals surface area contributed by atoms with Gasteiger partial charge in [0.1, 0.15) is 16.7 Å². The molecule has 2 atom stereocenters. The fourth-order valence-corrected chi connectivity index (χ4v) is 4.60. The smallest absolute Gasteiger partial charge is 0.266 e. The molecule has 3 aliphatic rings. The van der Waals surface area contributed by atoms with Crippen LogP contribution in [0.1, 0.15) is 0 Å². The molecule has 4 rings (SSSR count). The minimum absolute atomic E-state index is 0.0903. The van der Waals surface area contributed by atoms with Gasteiger partial charge in [0.15, 0.2) is 0 Å². The molecule has 5 nitrogen and oxygen atoms in total. The van der Waals surface area contributed by atoms with Crippen LogP contribution in [0, 0.1) is 5.92 Å². The molecule has 26 heavy (non-hydrogen) atoms. The maximum absolute atomic E-state index is 12.8. The van der Waals surface area contributed by atoms with Gasteiger partial charge in [-0.3, -0.25) is 14.5 Å². The first-order valence-corrected chi connectivity index (χ1v) is 9.49. The first-order valence-electron chi connectivity index (χ1n) is 8.26. The zero-order valence-corrected chi connectivity index (χ0v) is 15.4. The largest absolute Gasteiger partial charge is 0.492 e. The van der Waals surface area contributed by atoms with E-state index in [2.05, 4.69) is 5.32 Å². The highest BCUT2D eigenvalue weighted by molar-refractivity contribution is 8.26. The van der Waals surface area contributed by atoms with E-state index in [1.54, 1.807) is 0 Å². The molecule has 0 aromatic heterocycles. The number of nitrogens with one attached hydrogen (secondary N) is 1. The van der Waals surface area contributed by atoms with E-state index in [1.807, 2.05) is 54.6 Å². The highest BCUT2D eigenvalue weighted by Gasteiger charge is 2.43. The van der Waals surface area contributed by atoms with E-state index >= 15 is 0 Å². The summed E-state index contributed by atoms with van der Waals surface area (Å²) in [5.74, 6) is 0.207. The molecule has 7 heteroatoms. The topological polar surface area (TPSA) is 58.6 Å². The van der Waals surface area contributed by atoms with E-state index in [1.165, 1.54) is 16.7 Å². The number of ether oxygens (including phenoxy) is 1. The molecule has 0 bridgehead atoms. The lowest BCUT2D eigenvalue weighted by atomic mass is 9.91. The summed E-state index contributed by atoms with van der Waals surface area (Å²) in [7, 11) is 0. The first kappa shape index (κ1) is 17.1.